The van der Waals surface area contributed by atoms with Crippen molar-refractivity contribution in [3.05, 3.63) is 17.6 Å². The molecule has 1 heterocycles. The molecule has 1 aliphatic carbocycles. The maximum Gasteiger partial charge on any atom is 0.147 e. The second-order valence-corrected chi connectivity index (χ2v) is 5.46. The van der Waals surface area contributed by atoms with Crippen molar-refractivity contribution in [2.75, 3.05) is 5.32 Å². The predicted octanol–water partition coefficient (Wildman–Crippen LogP) is 3.33. The molecule has 0 aromatic carbocycles. The number of hydrogen-bond acceptors (Lipinski definition) is 3. The molecule has 17 heavy (non-hydrogen) atoms. The molecule has 0 amide bonds. The van der Waals surface area contributed by atoms with Crippen LogP contribution in [0.4, 0.5) is 5.82 Å². The van der Waals surface area contributed by atoms with Gasteiger partial charge in [0.25, 0.3) is 0 Å². The molecule has 1 aromatic heterocycles. The Labute approximate surface area is 104 Å². The minimum Gasteiger partial charge on any atom is -0.366 e. The minimum absolute atomic E-state index is 0.550. The molecule has 2 rings (SSSR count). The van der Waals surface area contributed by atoms with E-state index in [4.69, 9.17) is 0 Å². The molecule has 0 saturated heterocycles. The predicted molar refractivity (Wildman–Crippen MR) is 71.1 cm³/mol. The van der Waals surface area contributed by atoms with Gasteiger partial charge in [0.15, 0.2) is 0 Å². The van der Waals surface area contributed by atoms with Gasteiger partial charge in [0.05, 0.1) is 11.4 Å². The molecule has 1 N–H and O–H groups in total. The molecule has 0 unspecified atom stereocenters. The van der Waals surface area contributed by atoms with E-state index in [0.29, 0.717) is 12.0 Å². The zero-order chi connectivity index (χ0) is 12.4. The Morgan fingerprint density at radius 3 is 2.76 bits per heavy atom. The maximum absolute atomic E-state index is 4.55. The third-order valence-corrected chi connectivity index (χ3v) is 4.10. The lowest BCUT2D eigenvalue weighted by Gasteiger charge is -2.35. The smallest absolute Gasteiger partial charge is 0.147 e. The van der Waals surface area contributed by atoms with Gasteiger partial charge >= 0.3 is 0 Å². The van der Waals surface area contributed by atoms with Crippen LogP contribution in [0.1, 0.15) is 44.5 Å². The molecular weight excluding hydrogens is 210 g/mol. The monoisotopic (exact) mass is 233 g/mol. The second-order valence-electron chi connectivity index (χ2n) is 5.46. The number of rotatable bonds is 2. The first-order chi connectivity index (χ1) is 8.08. The van der Waals surface area contributed by atoms with Crippen LogP contribution in [0.15, 0.2) is 6.20 Å². The fourth-order valence-electron chi connectivity index (χ4n) is 2.64. The Balaban J connectivity index is 2.11. The molecule has 3 nitrogen and oxygen atoms in total. The van der Waals surface area contributed by atoms with Crippen LogP contribution in [-0.2, 0) is 0 Å². The average molecular weight is 233 g/mol. The Hall–Kier alpha value is -1.12. The van der Waals surface area contributed by atoms with E-state index in [1.165, 1.54) is 19.3 Å². The number of aryl methyl sites for hydroxylation is 2. The quantitative estimate of drug-likeness (QED) is 0.851. The van der Waals surface area contributed by atoms with Gasteiger partial charge in [0.1, 0.15) is 5.82 Å². The van der Waals surface area contributed by atoms with Crippen molar-refractivity contribution in [1.29, 1.82) is 0 Å². The molecule has 1 saturated carbocycles. The van der Waals surface area contributed by atoms with E-state index in [-0.39, 0.29) is 0 Å². The van der Waals surface area contributed by atoms with Crippen molar-refractivity contribution in [2.45, 2.75) is 53.0 Å². The van der Waals surface area contributed by atoms with E-state index in [2.05, 4.69) is 29.1 Å². The highest BCUT2D eigenvalue weighted by Crippen LogP contribution is 2.31. The summed E-state index contributed by atoms with van der Waals surface area (Å²) in [6.07, 6.45) is 5.76. The van der Waals surface area contributed by atoms with Gasteiger partial charge in [0.2, 0.25) is 0 Å². The first-order valence-corrected chi connectivity index (χ1v) is 6.64. The highest BCUT2D eigenvalue weighted by molar-refractivity contribution is 5.40. The van der Waals surface area contributed by atoms with E-state index in [1.807, 2.05) is 20.0 Å². The number of nitrogens with zero attached hydrogens (tertiary/aromatic N) is 2. The standard InChI is InChI=1S/C14H23N3/c1-9-6-5-7-13(11(9)3)17-14-12(4)15-8-10(2)16-14/h8-9,11,13H,5-7H2,1-4H3,(H,16,17)/t9-,11+,13+/m0/s1. The summed E-state index contributed by atoms with van der Waals surface area (Å²) in [5.74, 6) is 2.49. The van der Waals surface area contributed by atoms with Gasteiger partial charge in [-0.25, -0.2) is 4.98 Å². The van der Waals surface area contributed by atoms with Crippen LogP contribution in [0.25, 0.3) is 0 Å². The van der Waals surface area contributed by atoms with E-state index in [9.17, 15) is 0 Å². The van der Waals surface area contributed by atoms with Crippen LogP contribution in [0.3, 0.4) is 0 Å². The van der Waals surface area contributed by atoms with Crippen LogP contribution < -0.4 is 5.32 Å². The molecular formula is C14H23N3. The maximum atomic E-state index is 4.55. The number of anilines is 1. The average Bonchev–Trinajstić information content (AvgIpc) is 2.30. The lowest BCUT2D eigenvalue weighted by Crippen LogP contribution is -2.35. The van der Waals surface area contributed by atoms with Gasteiger partial charge in [-0.2, -0.15) is 0 Å². The summed E-state index contributed by atoms with van der Waals surface area (Å²) in [4.78, 5) is 8.92. The Morgan fingerprint density at radius 1 is 1.24 bits per heavy atom. The molecule has 0 radical (unpaired) electrons. The fourth-order valence-corrected chi connectivity index (χ4v) is 2.64. The molecule has 3 heteroatoms. The number of nitrogens with one attached hydrogen (secondary N) is 1. The molecule has 1 aromatic rings. The Kier molecular flexibility index (Phi) is 3.65. The molecule has 0 bridgehead atoms. The Morgan fingerprint density at radius 2 is 2.00 bits per heavy atom. The van der Waals surface area contributed by atoms with Crippen molar-refractivity contribution in [3.63, 3.8) is 0 Å². The summed E-state index contributed by atoms with van der Waals surface area (Å²) in [6, 6.07) is 0.550. The zero-order valence-electron chi connectivity index (χ0n) is 11.3. The van der Waals surface area contributed by atoms with E-state index in [0.717, 1.165) is 23.1 Å². The van der Waals surface area contributed by atoms with Gasteiger partial charge in [-0.1, -0.05) is 26.7 Å². The third kappa shape index (κ3) is 2.76. The summed E-state index contributed by atoms with van der Waals surface area (Å²) in [5, 5.41) is 3.60. The van der Waals surface area contributed by atoms with Crippen LogP contribution in [0, 0.1) is 25.7 Å². The number of aromatic nitrogens is 2. The molecule has 1 fully saturated rings. The largest absolute Gasteiger partial charge is 0.366 e. The minimum atomic E-state index is 0.550. The first kappa shape index (κ1) is 12.3. The topological polar surface area (TPSA) is 37.8 Å². The van der Waals surface area contributed by atoms with E-state index >= 15 is 0 Å². The summed E-state index contributed by atoms with van der Waals surface area (Å²) < 4.78 is 0. The molecule has 1 aliphatic rings. The van der Waals surface area contributed by atoms with Gasteiger partial charge < -0.3 is 5.32 Å². The van der Waals surface area contributed by atoms with Crippen LogP contribution in [-0.4, -0.2) is 16.0 Å². The Bertz CT molecular complexity index is 389. The highest BCUT2D eigenvalue weighted by atomic mass is 15.0. The lowest BCUT2D eigenvalue weighted by atomic mass is 9.78. The van der Waals surface area contributed by atoms with Crippen molar-refractivity contribution in [2.24, 2.45) is 11.8 Å². The third-order valence-electron chi connectivity index (χ3n) is 4.10. The summed E-state index contributed by atoms with van der Waals surface area (Å²) in [7, 11) is 0. The lowest BCUT2D eigenvalue weighted by molar-refractivity contribution is 0.252. The van der Waals surface area contributed by atoms with Crippen molar-refractivity contribution >= 4 is 5.82 Å². The normalized spacial score (nSPS) is 29.1. The molecule has 3 atom stereocenters. The van der Waals surface area contributed by atoms with Crippen molar-refractivity contribution in [1.82, 2.24) is 9.97 Å². The van der Waals surface area contributed by atoms with Gasteiger partial charge in [-0.3, -0.25) is 4.98 Å². The van der Waals surface area contributed by atoms with Crippen molar-refractivity contribution in [3.8, 4) is 0 Å². The van der Waals surface area contributed by atoms with Gasteiger partial charge in [-0.05, 0) is 32.1 Å². The van der Waals surface area contributed by atoms with E-state index < -0.39 is 0 Å². The zero-order valence-corrected chi connectivity index (χ0v) is 11.3. The van der Waals surface area contributed by atoms with Gasteiger partial charge in [-0.15, -0.1) is 0 Å². The van der Waals surface area contributed by atoms with Crippen molar-refractivity contribution < 1.29 is 0 Å². The van der Waals surface area contributed by atoms with Gasteiger partial charge in [0, 0.05) is 12.2 Å². The first-order valence-electron chi connectivity index (χ1n) is 6.64. The van der Waals surface area contributed by atoms with Crippen LogP contribution in [0.2, 0.25) is 0 Å². The second kappa shape index (κ2) is 5.03. The van der Waals surface area contributed by atoms with E-state index in [1.54, 1.807) is 0 Å². The molecule has 0 spiro atoms. The molecule has 94 valence electrons. The summed E-state index contributed by atoms with van der Waals surface area (Å²) in [5.41, 5.74) is 1.98. The summed E-state index contributed by atoms with van der Waals surface area (Å²) >= 11 is 0. The number of hydrogen-bond donors (Lipinski definition) is 1. The molecule has 0 aliphatic heterocycles. The van der Waals surface area contributed by atoms with Crippen LogP contribution >= 0.6 is 0 Å². The summed E-state index contributed by atoms with van der Waals surface area (Å²) in [6.45, 7) is 8.71. The van der Waals surface area contributed by atoms with Crippen LogP contribution in [0.5, 0.6) is 0 Å². The SMILES string of the molecule is Cc1cnc(C)c(N[C@@H]2CCC[C@H](C)[C@H]2C)n1. The fraction of sp³-hybridized carbons (Fsp3) is 0.714. The highest BCUT2D eigenvalue weighted by Gasteiger charge is 2.27.